The zero-order valence-electron chi connectivity index (χ0n) is 11.5. The number of rotatable bonds is 6. The van der Waals surface area contributed by atoms with Gasteiger partial charge in [-0.05, 0) is 32.3 Å². The van der Waals surface area contributed by atoms with Crippen molar-refractivity contribution in [1.82, 2.24) is 9.97 Å². The van der Waals surface area contributed by atoms with Gasteiger partial charge in [-0.3, -0.25) is 0 Å². The van der Waals surface area contributed by atoms with Crippen LogP contribution in [-0.2, 0) is 9.59 Å². The van der Waals surface area contributed by atoms with Gasteiger partial charge in [-0.15, -0.1) is 11.3 Å². The van der Waals surface area contributed by atoms with E-state index < -0.39 is 18.0 Å². The summed E-state index contributed by atoms with van der Waals surface area (Å²) in [6.07, 6.45) is 0.824. The average Bonchev–Trinajstić information content (AvgIpc) is 2.70. The Balaban J connectivity index is 2.32. The number of aromatic nitrogens is 2. The number of carboxylic acids is 2. The maximum absolute atomic E-state index is 11.1. The second kappa shape index (κ2) is 6.04. The number of hydrogen-bond donors (Lipinski definition) is 1. The first kappa shape index (κ1) is 15.2. The summed E-state index contributed by atoms with van der Waals surface area (Å²) < 4.78 is 0. The van der Waals surface area contributed by atoms with Gasteiger partial charge in [0.05, 0.1) is 17.4 Å². The van der Waals surface area contributed by atoms with Crippen LogP contribution in [0.4, 0.5) is 5.82 Å². The third-order valence-electron chi connectivity index (χ3n) is 3.20. The van der Waals surface area contributed by atoms with Gasteiger partial charge in [-0.2, -0.15) is 0 Å². The second-order valence-electron chi connectivity index (χ2n) is 4.61. The van der Waals surface area contributed by atoms with Gasteiger partial charge in [-0.1, -0.05) is 0 Å². The summed E-state index contributed by atoms with van der Waals surface area (Å²) in [4.78, 5) is 31.6. The van der Waals surface area contributed by atoms with Crippen molar-refractivity contribution in [2.45, 2.75) is 32.7 Å². The van der Waals surface area contributed by atoms with E-state index in [0.29, 0.717) is 5.82 Å². The zero-order chi connectivity index (χ0) is 15.6. The van der Waals surface area contributed by atoms with Crippen LogP contribution in [-0.4, -0.2) is 27.9 Å². The Morgan fingerprint density at radius 1 is 1.33 bits per heavy atom. The maximum atomic E-state index is 11.1. The molecule has 0 saturated heterocycles. The summed E-state index contributed by atoms with van der Waals surface area (Å²) in [5.41, 5.74) is 0.968. The average molecular weight is 307 g/mol. The number of carbonyl (C=O) groups is 2. The van der Waals surface area contributed by atoms with E-state index in [-0.39, 0.29) is 12.8 Å². The monoisotopic (exact) mass is 307 g/mol. The van der Waals surface area contributed by atoms with Gasteiger partial charge in [0.15, 0.2) is 0 Å². The van der Waals surface area contributed by atoms with Crippen LogP contribution in [0.5, 0.6) is 0 Å². The van der Waals surface area contributed by atoms with Gasteiger partial charge in [0.2, 0.25) is 0 Å². The minimum Gasteiger partial charge on any atom is -0.550 e. The van der Waals surface area contributed by atoms with E-state index in [4.69, 9.17) is 0 Å². The fourth-order valence-electron chi connectivity index (χ4n) is 1.97. The zero-order valence-corrected chi connectivity index (χ0v) is 12.3. The fourth-order valence-corrected chi connectivity index (χ4v) is 2.96. The molecule has 8 heteroatoms. The van der Waals surface area contributed by atoms with E-state index in [1.165, 1.54) is 17.7 Å². The van der Waals surface area contributed by atoms with Crippen molar-refractivity contribution in [3.63, 3.8) is 0 Å². The molecule has 2 rings (SSSR count). The summed E-state index contributed by atoms with van der Waals surface area (Å²) in [6, 6.07) is -1.15. The highest BCUT2D eigenvalue weighted by atomic mass is 32.1. The van der Waals surface area contributed by atoms with Gasteiger partial charge < -0.3 is 25.1 Å². The summed E-state index contributed by atoms with van der Waals surface area (Å²) in [5.74, 6) is -2.32. The number of nitrogens with one attached hydrogen (secondary N) is 1. The predicted octanol–water partition coefficient (Wildman–Crippen LogP) is -0.631. The molecule has 7 nitrogen and oxygen atoms in total. The van der Waals surface area contributed by atoms with E-state index in [0.717, 1.165) is 20.7 Å². The Bertz CT molecular complexity index is 698. The van der Waals surface area contributed by atoms with Crippen molar-refractivity contribution >= 4 is 39.3 Å². The number of fused-ring (bicyclic) bond motifs is 1. The first-order valence-electron chi connectivity index (χ1n) is 6.28. The van der Waals surface area contributed by atoms with Crippen molar-refractivity contribution < 1.29 is 19.8 Å². The Morgan fingerprint density at radius 3 is 2.67 bits per heavy atom. The molecule has 1 N–H and O–H groups in total. The minimum absolute atomic E-state index is 0.141. The first-order valence-corrected chi connectivity index (χ1v) is 7.09. The van der Waals surface area contributed by atoms with E-state index in [1.807, 2.05) is 13.8 Å². The highest BCUT2D eigenvalue weighted by Gasteiger charge is 2.16. The predicted molar refractivity (Wildman–Crippen MR) is 73.5 cm³/mol. The molecule has 2 aromatic heterocycles. The molecule has 21 heavy (non-hydrogen) atoms. The third kappa shape index (κ3) is 3.27. The summed E-state index contributed by atoms with van der Waals surface area (Å²) in [6.45, 7) is 3.84. The molecule has 0 aliphatic heterocycles. The highest BCUT2D eigenvalue weighted by Crippen LogP contribution is 2.32. The van der Waals surface area contributed by atoms with Gasteiger partial charge >= 0.3 is 0 Å². The number of anilines is 1. The molecule has 0 aliphatic carbocycles. The molecule has 0 radical (unpaired) electrons. The number of aryl methyl sites for hydroxylation is 2. The Morgan fingerprint density at radius 2 is 2.05 bits per heavy atom. The molecular formula is C13H13N3O4S-2. The van der Waals surface area contributed by atoms with Gasteiger partial charge in [0.25, 0.3) is 0 Å². The normalized spacial score (nSPS) is 12.3. The lowest BCUT2D eigenvalue weighted by Gasteiger charge is -2.21. The van der Waals surface area contributed by atoms with Crippen molar-refractivity contribution in [2.24, 2.45) is 0 Å². The molecule has 0 amide bonds. The van der Waals surface area contributed by atoms with E-state index >= 15 is 0 Å². The number of carboxylic acid groups (broad SMARTS) is 2. The van der Waals surface area contributed by atoms with Crippen molar-refractivity contribution in [3.8, 4) is 0 Å². The van der Waals surface area contributed by atoms with Gasteiger partial charge in [0, 0.05) is 10.8 Å². The van der Waals surface area contributed by atoms with Crippen LogP contribution in [0.3, 0.4) is 0 Å². The highest BCUT2D eigenvalue weighted by molar-refractivity contribution is 7.18. The molecule has 112 valence electrons. The van der Waals surface area contributed by atoms with E-state index in [9.17, 15) is 19.8 Å². The van der Waals surface area contributed by atoms with Crippen molar-refractivity contribution in [1.29, 1.82) is 0 Å². The Kier molecular flexibility index (Phi) is 4.37. The number of hydrogen-bond acceptors (Lipinski definition) is 8. The number of carbonyl (C=O) groups excluding carboxylic acids is 2. The van der Waals surface area contributed by atoms with Crippen LogP contribution < -0.4 is 15.5 Å². The molecular weight excluding hydrogens is 294 g/mol. The molecule has 0 bridgehead atoms. The smallest absolute Gasteiger partial charge is 0.138 e. The molecule has 2 aromatic rings. The molecule has 1 atom stereocenters. The molecule has 0 aromatic carbocycles. The van der Waals surface area contributed by atoms with Crippen molar-refractivity contribution in [2.75, 3.05) is 5.32 Å². The molecule has 0 saturated carbocycles. The SMILES string of the molecule is Cc1sc2ncnc(N[C@@H](CCC(=O)[O-])C(=O)[O-])c2c1C. The van der Waals surface area contributed by atoms with Crippen molar-refractivity contribution in [3.05, 3.63) is 16.8 Å². The number of aliphatic carboxylic acids is 2. The molecule has 2 heterocycles. The number of nitrogens with zero attached hydrogens (tertiary/aromatic N) is 2. The fraction of sp³-hybridized carbons (Fsp3) is 0.385. The number of thiophene rings is 1. The summed E-state index contributed by atoms with van der Waals surface area (Å²) >= 11 is 1.49. The minimum atomic E-state index is -1.38. The third-order valence-corrected chi connectivity index (χ3v) is 4.31. The largest absolute Gasteiger partial charge is 0.550 e. The molecule has 0 spiro atoms. The van der Waals surface area contributed by atoms with Crippen LogP contribution in [0.25, 0.3) is 10.2 Å². The Labute approximate surface area is 124 Å². The molecule has 0 unspecified atom stereocenters. The Hall–Kier alpha value is -2.22. The van der Waals surface area contributed by atoms with Crippen LogP contribution in [0, 0.1) is 13.8 Å². The first-order chi connectivity index (χ1) is 9.90. The lowest BCUT2D eigenvalue weighted by atomic mass is 10.1. The van der Waals surface area contributed by atoms with Crippen LogP contribution in [0.15, 0.2) is 6.33 Å². The lowest BCUT2D eigenvalue weighted by molar-refractivity contribution is -0.308. The van der Waals surface area contributed by atoms with Gasteiger partial charge in [0.1, 0.15) is 17.0 Å². The molecule has 0 fully saturated rings. The van der Waals surface area contributed by atoms with Crippen LogP contribution in [0.1, 0.15) is 23.3 Å². The lowest BCUT2D eigenvalue weighted by Crippen LogP contribution is -2.42. The maximum Gasteiger partial charge on any atom is 0.138 e. The van der Waals surface area contributed by atoms with E-state index in [2.05, 4.69) is 15.3 Å². The van der Waals surface area contributed by atoms with E-state index in [1.54, 1.807) is 0 Å². The van der Waals surface area contributed by atoms with Crippen LogP contribution >= 0.6 is 11.3 Å². The summed E-state index contributed by atoms with van der Waals surface area (Å²) in [7, 11) is 0. The summed E-state index contributed by atoms with van der Waals surface area (Å²) in [5, 5.41) is 25.1. The second-order valence-corrected chi connectivity index (χ2v) is 5.82. The quantitative estimate of drug-likeness (QED) is 0.754. The van der Waals surface area contributed by atoms with Crippen LogP contribution in [0.2, 0.25) is 0 Å². The molecule has 0 aliphatic rings. The standard InChI is InChI=1S/C13H15N3O4S/c1-6-7(2)21-12-10(6)11(14-5-15-12)16-8(13(19)20)3-4-9(17)18/h5,8H,3-4H2,1-2H3,(H,17,18)(H,19,20)(H,14,15,16)/p-2/t8-/m0/s1. The van der Waals surface area contributed by atoms with Gasteiger partial charge in [-0.25, -0.2) is 9.97 Å². The topological polar surface area (TPSA) is 118 Å².